The van der Waals surface area contributed by atoms with Crippen LogP contribution in [-0.4, -0.2) is 56.9 Å². The van der Waals surface area contributed by atoms with Gasteiger partial charge >= 0.3 is 5.97 Å². The van der Waals surface area contributed by atoms with Gasteiger partial charge in [0.1, 0.15) is 6.04 Å². The van der Waals surface area contributed by atoms with Crippen LogP contribution in [-0.2, 0) is 16.0 Å². The van der Waals surface area contributed by atoms with E-state index in [9.17, 15) is 9.59 Å². The summed E-state index contributed by atoms with van der Waals surface area (Å²) in [5, 5.41) is 11.3. The number of aromatic nitrogens is 2. The summed E-state index contributed by atoms with van der Waals surface area (Å²) in [7, 11) is 0. The van der Waals surface area contributed by atoms with Crippen LogP contribution >= 0.6 is 0 Å². The summed E-state index contributed by atoms with van der Waals surface area (Å²) < 4.78 is 0. The number of nitrogens with two attached hydrogens (primary N) is 1. The van der Waals surface area contributed by atoms with Crippen molar-refractivity contribution in [3.63, 3.8) is 0 Å². The third-order valence-electron chi connectivity index (χ3n) is 1.98. The van der Waals surface area contributed by atoms with Gasteiger partial charge in [0.2, 0.25) is 5.91 Å². The predicted octanol–water partition coefficient (Wildman–Crippen LogP) is -1.51. The first-order chi connectivity index (χ1) is 7.63. The smallest absolute Gasteiger partial charge is 0.326 e. The van der Waals surface area contributed by atoms with E-state index >= 15 is 0 Å². The number of carboxylic acids is 1. The summed E-state index contributed by atoms with van der Waals surface area (Å²) >= 11 is 0. The molecule has 0 bridgehead atoms. The summed E-state index contributed by atoms with van der Waals surface area (Å²) in [6, 6.07) is -0.959. The Kier molecular flexibility index (Phi) is 7.22. The van der Waals surface area contributed by atoms with Gasteiger partial charge in [-0.25, -0.2) is 9.78 Å². The minimum atomic E-state index is -1.08. The van der Waals surface area contributed by atoms with Crippen LogP contribution < -0.4 is 11.1 Å². The van der Waals surface area contributed by atoms with E-state index in [-0.39, 0.29) is 42.7 Å². The van der Waals surface area contributed by atoms with Gasteiger partial charge in [-0.1, -0.05) is 0 Å². The molecule has 8 heteroatoms. The molecule has 1 atom stereocenters. The summed E-state index contributed by atoms with van der Waals surface area (Å²) in [5.74, 6) is -1.45. The number of hydrogen-bond acceptors (Lipinski definition) is 4. The lowest BCUT2D eigenvalue weighted by Crippen LogP contribution is -2.42. The maximum atomic E-state index is 11.2. The molecule has 1 unspecified atom stereocenters. The van der Waals surface area contributed by atoms with E-state index < -0.39 is 12.0 Å². The Morgan fingerprint density at radius 2 is 2.29 bits per heavy atom. The molecule has 17 heavy (non-hydrogen) atoms. The van der Waals surface area contributed by atoms with Gasteiger partial charge in [-0.3, -0.25) is 4.79 Å². The molecule has 0 aliphatic rings. The second-order valence-corrected chi connectivity index (χ2v) is 3.28. The third-order valence-corrected chi connectivity index (χ3v) is 1.98. The first-order valence-corrected chi connectivity index (χ1v) is 4.83. The largest absolute Gasteiger partial charge is 0.480 e. The molecule has 1 amide bonds. The first-order valence-electron chi connectivity index (χ1n) is 4.83. The van der Waals surface area contributed by atoms with Crippen molar-refractivity contribution in [2.45, 2.75) is 18.9 Å². The second kappa shape index (κ2) is 7.84. The van der Waals surface area contributed by atoms with Crippen LogP contribution in [0.15, 0.2) is 12.5 Å². The number of rotatable bonds is 6. The maximum Gasteiger partial charge on any atom is 0.326 e. The van der Waals surface area contributed by atoms with Gasteiger partial charge in [0.05, 0.1) is 6.33 Å². The van der Waals surface area contributed by atoms with Gasteiger partial charge in [0, 0.05) is 48.6 Å². The zero-order chi connectivity index (χ0) is 12.0. The van der Waals surface area contributed by atoms with Gasteiger partial charge in [0.15, 0.2) is 0 Å². The lowest BCUT2D eigenvalue weighted by atomic mass is 10.1. The standard InChI is InChI=1S/C9H14N4O3.Al/c10-2-1-8(14)13-7(9(15)16)3-6-4-11-5-12-6;/h4-5,7H,1-3,10H2,(H,11,12)(H,13,14)(H,15,16);. The number of carboxylic acid groups (broad SMARTS) is 1. The van der Waals surface area contributed by atoms with Crippen LogP contribution in [0.25, 0.3) is 0 Å². The molecule has 0 saturated heterocycles. The van der Waals surface area contributed by atoms with Crippen LogP contribution in [0.4, 0.5) is 0 Å². The van der Waals surface area contributed by atoms with Crippen LogP contribution in [0.5, 0.6) is 0 Å². The van der Waals surface area contributed by atoms with E-state index in [1.807, 2.05) is 0 Å². The first kappa shape index (κ1) is 15.6. The molecule has 91 valence electrons. The lowest BCUT2D eigenvalue weighted by molar-refractivity contribution is -0.141. The van der Waals surface area contributed by atoms with Crippen molar-refractivity contribution in [2.75, 3.05) is 6.54 Å². The highest BCUT2D eigenvalue weighted by Crippen LogP contribution is 1.99. The van der Waals surface area contributed by atoms with Crippen LogP contribution in [0.1, 0.15) is 12.1 Å². The zero-order valence-corrected chi connectivity index (χ0v) is 10.4. The van der Waals surface area contributed by atoms with Crippen molar-refractivity contribution >= 4 is 29.2 Å². The van der Waals surface area contributed by atoms with Crippen molar-refractivity contribution in [1.29, 1.82) is 0 Å². The van der Waals surface area contributed by atoms with Crippen molar-refractivity contribution < 1.29 is 14.7 Å². The molecular weight excluding hydrogens is 239 g/mol. The number of carbonyl (C=O) groups is 2. The Balaban J connectivity index is 0.00000256. The summed E-state index contributed by atoms with van der Waals surface area (Å²) in [6.45, 7) is 0.197. The highest BCUT2D eigenvalue weighted by Gasteiger charge is 2.20. The molecular formula is C9H14AlN4O3. The topological polar surface area (TPSA) is 121 Å². The fourth-order valence-corrected chi connectivity index (χ4v) is 1.21. The van der Waals surface area contributed by atoms with E-state index in [4.69, 9.17) is 10.8 Å². The minimum absolute atomic E-state index is 0. The molecule has 0 aliphatic carbocycles. The SMILES string of the molecule is NCCC(=O)NC(Cc1cnc[nH]1)C(=O)O.[Al]. The van der Waals surface area contributed by atoms with E-state index in [0.29, 0.717) is 5.69 Å². The molecule has 0 aromatic carbocycles. The molecule has 1 rings (SSSR count). The number of carbonyl (C=O) groups excluding carboxylic acids is 1. The minimum Gasteiger partial charge on any atom is -0.480 e. The Bertz CT molecular complexity index is 355. The normalized spacial score (nSPS) is 11.4. The number of imidazole rings is 1. The molecule has 1 heterocycles. The monoisotopic (exact) mass is 253 g/mol. The average Bonchev–Trinajstić information content (AvgIpc) is 2.69. The Hall–Kier alpha value is -1.36. The van der Waals surface area contributed by atoms with Gasteiger partial charge in [-0.15, -0.1) is 0 Å². The van der Waals surface area contributed by atoms with Crippen LogP contribution in [0.3, 0.4) is 0 Å². The van der Waals surface area contributed by atoms with E-state index in [1.54, 1.807) is 0 Å². The summed E-state index contributed by atoms with van der Waals surface area (Å²) in [5.41, 5.74) is 5.85. The van der Waals surface area contributed by atoms with E-state index in [2.05, 4.69) is 15.3 Å². The summed E-state index contributed by atoms with van der Waals surface area (Å²) in [4.78, 5) is 28.6. The Labute approximate surface area is 109 Å². The van der Waals surface area contributed by atoms with Crippen LogP contribution in [0, 0.1) is 0 Å². The van der Waals surface area contributed by atoms with Gasteiger partial charge in [0.25, 0.3) is 0 Å². The fraction of sp³-hybridized carbons (Fsp3) is 0.444. The van der Waals surface area contributed by atoms with Crippen molar-refractivity contribution in [1.82, 2.24) is 15.3 Å². The van der Waals surface area contributed by atoms with Gasteiger partial charge in [-0.05, 0) is 0 Å². The van der Waals surface area contributed by atoms with Gasteiger partial charge in [-0.2, -0.15) is 0 Å². The predicted molar refractivity (Wildman–Crippen MR) is 61.3 cm³/mol. The molecule has 0 spiro atoms. The quantitative estimate of drug-likeness (QED) is 0.459. The number of amides is 1. The van der Waals surface area contributed by atoms with Gasteiger partial charge < -0.3 is 21.1 Å². The number of nitrogens with zero attached hydrogens (tertiary/aromatic N) is 1. The zero-order valence-electron chi connectivity index (χ0n) is 9.22. The fourth-order valence-electron chi connectivity index (χ4n) is 1.21. The number of hydrogen-bond donors (Lipinski definition) is 4. The third kappa shape index (κ3) is 5.49. The molecule has 3 radical (unpaired) electrons. The van der Waals surface area contributed by atoms with Crippen molar-refractivity contribution in [2.24, 2.45) is 5.73 Å². The lowest BCUT2D eigenvalue weighted by Gasteiger charge is -2.13. The molecule has 0 fully saturated rings. The second-order valence-electron chi connectivity index (χ2n) is 3.28. The highest BCUT2D eigenvalue weighted by atomic mass is 27.0. The Morgan fingerprint density at radius 1 is 1.59 bits per heavy atom. The summed E-state index contributed by atoms with van der Waals surface area (Å²) in [6.07, 6.45) is 3.26. The molecule has 5 N–H and O–H groups in total. The number of aromatic amines is 1. The highest BCUT2D eigenvalue weighted by molar-refractivity contribution is 5.83. The number of aliphatic carboxylic acids is 1. The maximum absolute atomic E-state index is 11.2. The number of nitrogens with one attached hydrogen (secondary N) is 2. The molecule has 1 aromatic rings. The average molecular weight is 253 g/mol. The molecule has 0 saturated carbocycles. The van der Waals surface area contributed by atoms with Crippen molar-refractivity contribution in [3.05, 3.63) is 18.2 Å². The van der Waals surface area contributed by atoms with E-state index in [1.165, 1.54) is 12.5 Å². The van der Waals surface area contributed by atoms with Crippen molar-refractivity contribution in [3.8, 4) is 0 Å². The van der Waals surface area contributed by atoms with E-state index in [0.717, 1.165) is 0 Å². The van der Waals surface area contributed by atoms with Crippen LogP contribution in [0.2, 0.25) is 0 Å². The Morgan fingerprint density at radius 3 is 2.76 bits per heavy atom. The molecule has 0 aliphatic heterocycles. The molecule has 7 nitrogen and oxygen atoms in total. The number of H-pyrrole nitrogens is 1. The molecule has 1 aromatic heterocycles.